The minimum absolute atomic E-state index is 0.0705. The first kappa shape index (κ1) is 13.3. The molecule has 0 aliphatic carbocycles. The highest BCUT2D eigenvalue weighted by Gasteiger charge is 2.11. The average molecular weight is 370 g/mol. The predicted octanol–water partition coefficient (Wildman–Crippen LogP) is 0.833. The number of morpholine rings is 1. The molecule has 17 heavy (non-hydrogen) atoms. The van der Waals surface area contributed by atoms with Crippen molar-refractivity contribution >= 4 is 34.2 Å². The van der Waals surface area contributed by atoms with Gasteiger partial charge in [-0.15, -0.1) is 0 Å². The van der Waals surface area contributed by atoms with Gasteiger partial charge in [-0.3, -0.25) is 14.3 Å². The Morgan fingerprint density at radius 2 is 2.12 bits per heavy atom. The van der Waals surface area contributed by atoms with E-state index in [4.69, 9.17) is 16.3 Å². The Morgan fingerprint density at radius 1 is 1.41 bits per heavy atom. The van der Waals surface area contributed by atoms with Crippen LogP contribution in [0.25, 0.3) is 0 Å². The van der Waals surface area contributed by atoms with Gasteiger partial charge in [0, 0.05) is 26.2 Å². The van der Waals surface area contributed by atoms with Crippen molar-refractivity contribution in [2.75, 3.05) is 32.8 Å². The summed E-state index contributed by atoms with van der Waals surface area (Å²) in [7, 11) is 0. The molecule has 1 aromatic rings. The molecule has 5 nitrogen and oxygen atoms in total. The van der Waals surface area contributed by atoms with Crippen molar-refractivity contribution in [2.24, 2.45) is 0 Å². The second-order valence-electron chi connectivity index (χ2n) is 3.80. The van der Waals surface area contributed by atoms with Crippen LogP contribution in [0.2, 0.25) is 5.15 Å². The number of hydrogen-bond acceptors (Lipinski definition) is 4. The Bertz CT molecular complexity index is 446. The Labute approximate surface area is 118 Å². The smallest absolute Gasteiger partial charge is 0.268 e. The molecule has 1 saturated heterocycles. The number of halogens is 2. The highest BCUT2D eigenvalue weighted by molar-refractivity contribution is 14.1. The second-order valence-corrected chi connectivity index (χ2v) is 5.24. The lowest BCUT2D eigenvalue weighted by Crippen LogP contribution is -2.39. The molecule has 0 spiro atoms. The van der Waals surface area contributed by atoms with E-state index in [2.05, 4.69) is 9.88 Å². The van der Waals surface area contributed by atoms with E-state index in [1.165, 1.54) is 6.33 Å². The second kappa shape index (κ2) is 6.12. The van der Waals surface area contributed by atoms with E-state index in [0.717, 1.165) is 32.8 Å². The zero-order chi connectivity index (χ0) is 12.3. The van der Waals surface area contributed by atoms with Gasteiger partial charge in [0.15, 0.2) is 0 Å². The fourth-order valence-electron chi connectivity index (χ4n) is 1.68. The van der Waals surface area contributed by atoms with Crippen molar-refractivity contribution < 1.29 is 4.74 Å². The third-order valence-electron chi connectivity index (χ3n) is 2.70. The van der Waals surface area contributed by atoms with Gasteiger partial charge in [0.05, 0.1) is 19.5 Å². The molecule has 94 valence electrons. The first-order chi connectivity index (χ1) is 8.18. The first-order valence-electron chi connectivity index (χ1n) is 5.39. The van der Waals surface area contributed by atoms with Crippen LogP contribution in [-0.2, 0) is 11.3 Å². The van der Waals surface area contributed by atoms with Gasteiger partial charge in [-0.25, -0.2) is 4.98 Å². The number of ether oxygens (including phenoxy) is 1. The van der Waals surface area contributed by atoms with Crippen LogP contribution in [0.5, 0.6) is 0 Å². The van der Waals surface area contributed by atoms with E-state index in [1.54, 1.807) is 4.57 Å². The summed E-state index contributed by atoms with van der Waals surface area (Å²) >= 11 is 7.70. The predicted molar refractivity (Wildman–Crippen MR) is 73.5 cm³/mol. The number of nitrogens with zero attached hydrogens (tertiary/aromatic N) is 3. The fourth-order valence-corrected chi connectivity index (χ4v) is 2.25. The average Bonchev–Trinajstić information content (AvgIpc) is 2.36. The maximum atomic E-state index is 11.9. The molecule has 2 rings (SSSR count). The lowest BCUT2D eigenvalue weighted by Gasteiger charge is -2.26. The first-order valence-corrected chi connectivity index (χ1v) is 6.84. The van der Waals surface area contributed by atoms with Crippen molar-refractivity contribution in [2.45, 2.75) is 6.54 Å². The van der Waals surface area contributed by atoms with E-state index in [9.17, 15) is 4.79 Å². The summed E-state index contributed by atoms with van der Waals surface area (Å²) in [6.07, 6.45) is 1.51. The molecule has 0 saturated carbocycles. The summed E-state index contributed by atoms with van der Waals surface area (Å²) in [6, 6.07) is 0. The quantitative estimate of drug-likeness (QED) is 0.585. The fraction of sp³-hybridized carbons (Fsp3) is 0.600. The number of aromatic nitrogens is 2. The van der Waals surface area contributed by atoms with Crippen molar-refractivity contribution in [1.29, 1.82) is 0 Å². The summed E-state index contributed by atoms with van der Waals surface area (Å²) in [4.78, 5) is 18.1. The van der Waals surface area contributed by atoms with E-state index >= 15 is 0 Å². The lowest BCUT2D eigenvalue weighted by atomic mass is 10.4. The molecule has 1 aliphatic rings. The molecule has 1 aliphatic heterocycles. The minimum atomic E-state index is -0.0705. The Hall–Kier alpha value is -0.180. The third-order valence-corrected chi connectivity index (χ3v) is 4.28. The number of hydrogen-bond donors (Lipinski definition) is 0. The molecule has 7 heteroatoms. The van der Waals surface area contributed by atoms with Crippen LogP contribution in [0.3, 0.4) is 0 Å². The van der Waals surface area contributed by atoms with E-state index < -0.39 is 0 Å². The molecule has 2 heterocycles. The molecule has 1 fully saturated rings. The summed E-state index contributed by atoms with van der Waals surface area (Å²) in [5.41, 5.74) is -0.0705. The van der Waals surface area contributed by atoms with Gasteiger partial charge in [-0.05, 0) is 22.6 Å². The highest BCUT2D eigenvalue weighted by atomic mass is 127. The Morgan fingerprint density at radius 3 is 2.82 bits per heavy atom. The van der Waals surface area contributed by atoms with Gasteiger partial charge in [0.1, 0.15) is 8.72 Å². The molecule has 0 aromatic carbocycles. The van der Waals surface area contributed by atoms with E-state index in [1.807, 2.05) is 22.6 Å². The van der Waals surface area contributed by atoms with Crippen molar-refractivity contribution in [3.05, 3.63) is 25.4 Å². The summed E-state index contributed by atoms with van der Waals surface area (Å²) in [5.74, 6) is 0. The summed E-state index contributed by atoms with van der Waals surface area (Å²) < 4.78 is 7.35. The van der Waals surface area contributed by atoms with E-state index in [0.29, 0.717) is 10.1 Å². The zero-order valence-corrected chi connectivity index (χ0v) is 12.1. The van der Waals surface area contributed by atoms with Gasteiger partial charge in [-0.2, -0.15) is 0 Å². The van der Waals surface area contributed by atoms with Crippen LogP contribution in [0.15, 0.2) is 11.1 Å². The standard InChI is InChI=1S/C10H13ClIN3O2/c11-9-8(12)10(16)15(7-13-9)2-1-14-3-5-17-6-4-14/h7H,1-6H2. The third kappa shape index (κ3) is 3.40. The van der Waals surface area contributed by atoms with Crippen LogP contribution < -0.4 is 5.56 Å². The van der Waals surface area contributed by atoms with Crippen LogP contribution in [0, 0.1) is 3.57 Å². The molecule has 0 amide bonds. The lowest BCUT2D eigenvalue weighted by molar-refractivity contribution is 0.0362. The van der Waals surface area contributed by atoms with Gasteiger partial charge < -0.3 is 4.74 Å². The Balaban J connectivity index is 1.99. The summed E-state index contributed by atoms with van der Waals surface area (Å²) in [6.45, 7) is 4.86. The molecule has 0 radical (unpaired) electrons. The van der Waals surface area contributed by atoms with Gasteiger partial charge in [-0.1, -0.05) is 11.6 Å². The van der Waals surface area contributed by atoms with Crippen molar-refractivity contribution in [3.63, 3.8) is 0 Å². The van der Waals surface area contributed by atoms with Gasteiger partial charge >= 0.3 is 0 Å². The normalized spacial score (nSPS) is 17.3. The summed E-state index contributed by atoms with van der Waals surface area (Å²) in [5, 5.41) is 0.276. The van der Waals surface area contributed by atoms with Gasteiger partial charge in [0.25, 0.3) is 5.56 Å². The van der Waals surface area contributed by atoms with Gasteiger partial charge in [0.2, 0.25) is 0 Å². The largest absolute Gasteiger partial charge is 0.379 e. The number of rotatable bonds is 3. The highest BCUT2D eigenvalue weighted by Crippen LogP contribution is 2.09. The maximum Gasteiger partial charge on any atom is 0.268 e. The molecule has 0 atom stereocenters. The SMILES string of the molecule is O=c1c(I)c(Cl)ncn1CCN1CCOCC1. The molecular weight excluding hydrogens is 356 g/mol. The van der Waals surface area contributed by atoms with Crippen LogP contribution >= 0.6 is 34.2 Å². The zero-order valence-electron chi connectivity index (χ0n) is 9.23. The maximum absolute atomic E-state index is 11.9. The molecular formula is C10H13ClIN3O2. The van der Waals surface area contributed by atoms with Crippen LogP contribution in [0.1, 0.15) is 0 Å². The molecule has 0 unspecified atom stereocenters. The molecule has 0 bridgehead atoms. The monoisotopic (exact) mass is 369 g/mol. The van der Waals surface area contributed by atoms with E-state index in [-0.39, 0.29) is 10.7 Å². The Kier molecular flexibility index (Phi) is 4.78. The molecule has 0 N–H and O–H groups in total. The van der Waals surface area contributed by atoms with Crippen LogP contribution in [-0.4, -0.2) is 47.3 Å². The topological polar surface area (TPSA) is 47.4 Å². The van der Waals surface area contributed by atoms with Crippen molar-refractivity contribution in [3.8, 4) is 0 Å². The molecule has 1 aromatic heterocycles. The minimum Gasteiger partial charge on any atom is -0.379 e. The van der Waals surface area contributed by atoms with Crippen LogP contribution in [0.4, 0.5) is 0 Å². The van der Waals surface area contributed by atoms with Crippen molar-refractivity contribution in [1.82, 2.24) is 14.5 Å².